The molecule has 0 aliphatic carbocycles. The zero-order valence-corrected chi connectivity index (χ0v) is 66.3. The molecule has 0 fully saturated rings. The van der Waals surface area contributed by atoms with Crippen molar-refractivity contribution in [1.29, 1.82) is 5.26 Å². The molecule has 7 heterocycles. The number of benzene rings is 15. The fraction of sp³-hybridized carbons (Fsp3) is 0. The molecule has 15 aromatic carbocycles. The fourth-order valence-corrected chi connectivity index (χ4v) is 16.3. The lowest BCUT2D eigenvalue weighted by atomic mass is 9.96. The lowest BCUT2D eigenvalue weighted by Gasteiger charge is -2.20. The van der Waals surface area contributed by atoms with Crippen LogP contribution in [-0.2, 0) is 0 Å². The van der Waals surface area contributed by atoms with Gasteiger partial charge < -0.3 is 9.13 Å². The number of rotatable bonds is 17. The van der Waals surface area contributed by atoms with Crippen LogP contribution in [0.15, 0.2) is 400 Å². The first kappa shape index (κ1) is 73.0. The summed E-state index contributed by atoms with van der Waals surface area (Å²) in [5.41, 5.74) is 19.7. The van der Waals surface area contributed by atoms with Gasteiger partial charge in [0.2, 0.25) is 0 Å². The topological polar surface area (TPSA) is 201 Å². The zero-order valence-electron chi connectivity index (χ0n) is 66.3. The van der Waals surface area contributed by atoms with E-state index in [0.717, 1.165) is 144 Å². The number of aromatic nitrogens is 15. The molecule has 0 amide bonds. The number of nitriles is 1. The Morgan fingerprint density at radius 1 is 0.169 bits per heavy atom. The molecule has 578 valence electrons. The van der Waals surface area contributed by atoms with Crippen molar-refractivity contribution in [2.45, 2.75) is 0 Å². The van der Waals surface area contributed by atoms with Gasteiger partial charge in [0.25, 0.3) is 0 Å². The maximum absolute atomic E-state index is 12.5. The van der Waals surface area contributed by atoms with Crippen LogP contribution in [0, 0.1) is 11.3 Å². The maximum atomic E-state index is 12.5. The van der Waals surface area contributed by atoms with Gasteiger partial charge >= 0.3 is 0 Å². The second-order valence-electron chi connectivity index (χ2n) is 30.1. The Morgan fingerprint density at radius 2 is 0.371 bits per heavy atom. The molecule has 0 saturated carbocycles. The quantitative estimate of drug-likeness (QED) is 0.0833. The van der Waals surface area contributed by atoms with Crippen LogP contribution in [0.2, 0.25) is 0 Å². The third-order valence-corrected chi connectivity index (χ3v) is 22.4. The van der Waals surface area contributed by atoms with Crippen molar-refractivity contribution >= 4 is 43.6 Å². The highest BCUT2D eigenvalue weighted by Gasteiger charge is 2.28. The summed E-state index contributed by atoms with van der Waals surface area (Å²) in [7, 11) is 0. The summed E-state index contributed by atoms with van der Waals surface area (Å²) in [6.45, 7) is 0. The SMILES string of the molecule is N#Cc1cc(-n2c3ccc(-c4nc(-c5ccccc5)nc(-c5ccccc5)n4)cc3c3cc(-c4nc(-c5ccccc5)nc(-c5ccccc5)n4)ccc32)c(-c2cc(-c3ccccc3)nc(-c3ccccc3)c2)cc1-n1c2ccc(-c3nc(-c4ccccc4)nc(-c4ccccc4)n3)cc2c2cc(-c3nc(-c4ccccc4)nc(-c4ccccc4)n3)ccc21. The summed E-state index contributed by atoms with van der Waals surface area (Å²) in [6, 6.07) is 137. The van der Waals surface area contributed by atoms with E-state index in [-0.39, 0.29) is 0 Å². The molecular formula is C108H66N16. The Labute approximate surface area is 712 Å². The van der Waals surface area contributed by atoms with Crippen molar-refractivity contribution in [3.05, 3.63) is 406 Å². The number of pyridine rings is 1. The zero-order chi connectivity index (χ0) is 82.4. The van der Waals surface area contributed by atoms with Crippen molar-refractivity contribution in [1.82, 2.24) is 73.9 Å². The second-order valence-corrected chi connectivity index (χ2v) is 30.1. The summed E-state index contributed by atoms with van der Waals surface area (Å²) < 4.78 is 4.50. The summed E-state index contributed by atoms with van der Waals surface area (Å²) in [6.07, 6.45) is 0. The summed E-state index contributed by atoms with van der Waals surface area (Å²) in [5.74, 6) is 6.15. The highest BCUT2D eigenvalue weighted by molar-refractivity contribution is 6.14. The number of fused-ring (bicyclic) bond motifs is 6. The van der Waals surface area contributed by atoms with Crippen molar-refractivity contribution in [3.8, 4) is 188 Å². The van der Waals surface area contributed by atoms with E-state index in [2.05, 4.69) is 130 Å². The van der Waals surface area contributed by atoms with E-state index in [1.165, 1.54) is 0 Å². The first-order valence-electron chi connectivity index (χ1n) is 40.7. The van der Waals surface area contributed by atoms with Crippen LogP contribution in [0.1, 0.15) is 5.56 Å². The Kier molecular flexibility index (Phi) is 18.5. The average molecular weight is 1590 g/mol. The van der Waals surface area contributed by atoms with Crippen LogP contribution in [0.4, 0.5) is 0 Å². The van der Waals surface area contributed by atoms with Gasteiger partial charge in [0.05, 0.1) is 50.4 Å². The molecule has 0 bridgehead atoms. The summed E-state index contributed by atoms with van der Waals surface area (Å²) in [5, 5.41) is 15.9. The Balaban J connectivity index is 0.823. The van der Waals surface area contributed by atoms with Gasteiger partial charge in [-0.3, -0.25) is 0 Å². The minimum absolute atomic E-state index is 0.378. The van der Waals surface area contributed by atoms with Crippen molar-refractivity contribution in [2.24, 2.45) is 0 Å². The molecule has 0 aliphatic rings. The first-order chi connectivity index (χ1) is 61.4. The van der Waals surface area contributed by atoms with Crippen molar-refractivity contribution in [3.63, 3.8) is 0 Å². The second kappa shape index (κ2) is 31.5. The molecule has 16 heteroatoms. The Bertz CT molecular complexity index is 7220. The van der Waals surface area contributed by atoms with Crippen LogP contribution >= 0.6 is 0 Å². The van der Waals surface area contributed by atoms with Gasteiger partial charge in [-0.05, 0) is 103 Å². The standard InChI is InChI=1S/C108H66N16/c109-67-83-65-96(124-93-57-53-80(107-119-101(74-43-23-7-24-44-74)113-102(120-107)75-45-25-8-26-46-75)61-87(93)88-62-81(54-58-94(88)124)108-121-103(76-47-27-9-28-48-76)114-104(122-108)77-49-29-10-30-50-77)84(82-63-89(68-31-11-1-12-32-68)110-90(64-82)69-33-13-2-14-34-69)66-95(83)123-91-55-51-78(105-115-97(70-35-15-3-16-36-70)111-98(116-105)71-37-17-4-18-38-71)59-85(91)86-60-79(52-56-92(86)123)106-117-99(72-39-19-5-20-40-72)112-100(118-106)73-41-21-6-22-42-73/h1-66H. The highest BCUT2D eigenvalue weighted by atomic mass is 15.1. The predicted octanol–water partition coefficient (Wildman–Crippen LogP) is 24.9. The van der Waals surface area contributed by atoms with Crippen LogP contribution in [0.25, 0.3) is 225 Å². The van der Waals surface area contributed by atoms with Crippen LogP contribution < -0.4 is 0 Å². The lowest BCUT2D eigenvalue weighted by molar-refractivity contribution is 1.07. The lowest BCUT2D eigenvalue weighted by Crippen LogP contribution is -2.05. The largest absolute Gasteiger partial charge is 0.309 e. The van der Waals surface area contributed by atoms with E-state index in [4.69, 9.17) is 64.8 Å². The molecule has 7 aromatic heterocycles. The third-order valence-electron chi connectivity index (χ3n) is 22.4. The van der Waals surface area contributed by atoms with Crippen molar-refractivity contribution < 1.29 is 0 Å². The van der Waals surface area contributed by atoms with Crippen LogP contribution in [-0.4, -0.2) is 73.9 Å². The number of nitrogens with zero attached hydrogens (tertiary/aromatic N) is 16. The van der Waals surface area contributed by atoms with E-state index in [0.29, 0.717) is 86.8 Å². The highest BCUT2D eigenvalue weighted by Crippen LogP contribution is 2.46. The first-order valence-corrected chi connectivity index (χ1v) is 40.7. The molecule has 0 saturated heterocycles. The van der Waals surface area contributed by atoms with E-state index in [1.807, 2.05) is 285 Å². The minimum Gasteiger partial charge on any atom is -0.309 e. The normalized spacial score (nSPS) is 11.4. The number of hydrogen-bond acceptors (Lipinski definition) is 14. The molecule has 0 atom stereocenters. The van der Waals surface area contributed by atoms with E-state index >= 15 is 0 Å². The molecular weight excluding hydrogens is 1520 g/mol. The van der Waals surface area contributed by atoms with E-state index in [1.54, 1.807) is 0 Å². The monoisotopic (exact) mass is 1590 g/mol. The van der Waals surface area contributed by atoms with E-state index in [9.17, 15) is 5.26 Å². The molecule has 0 aliphatic heterocycles. The molecule has 0 spiro atoms. The van der Waals surface area contributed by atoms with Gasteiger partial charge in [0, 0.05) is 105 Å². The van der Waals surface area contributed by atoms with Crippen LogP contribution in [0.3, 0.4) is 0 Å². The smallest absolute Gasteiger partial charge is 0.164 e. The van der Waals surface area contributed by atoms with Gasteiger partial charge in [0.15, 0.2) is 69.9 Å². The maximum Gasteiger partial charge on any atom is 0.164 e. The Hall–Kier alpha value is -17.4. The summed E-state index contributed by atoms with van der Waals surface area (Å²) in [4.78, 5) is 68.2. The number of hydrogen-bond donors (Lipinski definition) is 0. The molecule has 16 nitrogen and oxygen atoms in total. The molecule has 0 N–H and O–H groups in total. The van der Waals surface area contributed by atoms with Gasteiger partial charge in [0.1, 0.15) is 6.07 Å². The van der Waals surface area contributed by atoms with E-state index < -0.39 is 0 Å². The van der Waals surface area contributed by atoms with Gasteiger partial charge in [-0.1, -0.05) is 303 Å². The van der Waals surface area contributed by atoms with Crippen molar-refractivity contribution in [2.75, 3.05) is 0 Å². The summed E-state index contributed by atoms with van der Waals surface area (Å²) >= 11 is 0. The van der Waals surface area contributed by atoms with Gasteiger partial charge in [-0.2, -0.15) is 5.26 Å². The Morgan fingerprint density at radius 3 is 0.589 bits per heavy atom. The van der Waals surface area contributed by atoms with Gasteiger partial charge in [-0.25, -0.2) is 64.8 Å². The minimum atomic E-state index is 0.378. The molecule has 124 heavy (non-hydrogen) atoms. The molecule has 22 rings (SSSR count). The molecule has 0 unspecified atom stereocenters. The molecule has 22 aromatic rings. The predicted molar refractivity (Wildman–Crippen MR) is 493 cm³/mol. The third kappa shape index (κ3) is 13.9. The fourth-order valence-electron chi connectivity index (χ4n) is 16.3. The van der Waals surface area contributed by atoms with Gasteiger partial charge in [-0.15, -0.1) is 0 Å². The molecule has 0 radical (unpaired) electrons. The van der Waals surface area contributed by atoms with Crippen LogP contribution in [0.5, 0.6) is 0 Å². The average Bonchev–Trinajstić information content (AvgIpc) is 1.57.